The second-order valence-corrected chi connectivity index (χ2v) is 6.48. The van der Waals surface area contributed by atoms with Crippen molar-refractivity contribution in [1.29, 1.82) is 0 Å². The number of non-ortho nitro benzene ring substituents is 1. The first-order chi connectivity index (χ1) is 13.6. The average Bonchev–Trinajstić information content (AvgIpc) is 3.32. The second kappa shape index (κ2) is 5.98. The highest BCUT2D eigenvalue weighted by Crippen LogP contribution is 2.37. The van der Waals surface area contributed by atoms with Crippen LogP contribution in [0.5, 0.6) is 0 Å². The molecule has 1 N–H and O–H groups in total. The summed E-state index contributed by atoms with van der Waals surface area (Å²) in [6.45, 7) is 1.98. The summed E-state index contributed by atoms with van der Waals surface area (Å²) >= 11 is 0. The molecule has 5 rings (SSSR count). The van der Waals surface area contributed by atoms with E-state index in [2.05, 4.69) is 15.3 Å². The number of H-pyrrole nitrogens is 1. The first kappa shape index (κ1) is 16.1. The number of rotatable bonds is 3. The van der Waals surface area contributed by atoms with Gasteiger partial charge in [-0.05, 0) is 36.8 Å². The fraction of sp³-hybridized carbons (Fsp3) is 0.0500. The lowest BCUT2D eigenvalue weighted by Crippen LogP contribution is -1.98. The van der Waals surface area contributed by atoms with Crippen LogP contribution in [0.3, 0.4) is 0 Å². The first-order valence-corrected chi connectivity index (χ1v) is 8.66. The molecule has 0 saturated carbocycles. The predicted octanol–water partition coefficient (Wildman–Crippen LogP) is 4.18. The van der Waals surface area contributed by atoms with E-state index >= 15 is 0 Å². The zero-order valence-corrected chi connectivity index (χ0v) is 14.8. The van der Waals surface area contributed by atoms with Crippen molar-refractivity contribution in [3.8, 4) is 16.8 Å². The molecule has 28 heavy (non-hydrogen) atoms. The van der Waals surface area contributed by atoms with Crippen LogP contribution in [-0.2, 0) is 0 Å². The SMILES string of the molecule is Cc1[nH]n(-c2ccccc2)c2nc3nncc3c(-c3ccc([N+](=O)[O-])cc3)c12. The Hall–Kier alpha value is -4.07. The Balaban J connectivity index is 1.85. The van der Waals surface area contributed by atoms with E-state index in [9.17, 15) is 10.1 Å². The number of para-hydroxylation sites is 1. The van der Waals surface area contributed by atoms with Crippen molar-refractivity contribution >= 4 is 27.8 Å². The highest BCUT2D eigenvalue weighted by Gasteiger charge is 2.20. The van der Waals surface area contributed by atoms with Crippen molar-refractivity contribution < 1.29 is 4.92 Å². The van der Waals surface area contributed by atoms with Gasteiger partial charge in [0, 0.05) is 34.2 Å². The van der Waals surface area contributed by atoms with Crippen molar-refractivity contribution in [3.63, 3.8) is 0 Å². The van der Waals surface area contributed by atoms with Gasteiger partial charge in [0.05, 0.1) is 16.8 Å². The topological polar surface area (TPSA) is 103 Å². The minimum absolute atomic E-state index is 0.0502. The standard InChI is InChI=1S/C20H14N6O2/c1-12-17-18(13-7-9-15(10-8-13)26(27)28)16-11-21-23-19(16)22-20(17)25(24-12)14-5-3-2-4-6-14/h2-11,24H,1H3. The van der Waals surface area contributed by atoms with Crippen LogP contribution in [0.25, 0.3) is 38.9 Å². The molecule has 136 valence electrons. The molecule has 0 atom stereocenters. The molecule has 5 aromatic rings. The number of aromatic nitrogens is 5. The number of nitrogens with one attached hydrogen (secondary N) is 1. The van der Waals surface area contributed by atoms with E-state index in [0.29, 0.717) is 5.65 Å². The number of benzene rings is 2. The van der Waals surface area contributed by atoms with Gasteiger partial charge in [-0.1, -0.05) is 18.2 Å². The van der Waals surface area contributed by atoms with Gasteiger partial charge in [-0.3, -0.25) is 15.2 Å². The van der Waals surface area contributed by atoms with Crippen LogP contribution < -0.4 is 0 Å². The summed E-state index contributed by atoms with van der Waals surface area (Å²) in [5.41, 5.74) is 4.94. The van der Waals surface area contributed by atoms with Crippen LogP contribution in [0.1, 0.15) is 5.69 Å². The molecule has 3 heterocycles. The molecule has 0 aliphatic heterocycles. The zero-order valence-electron chi connectivity index (χ0n) is 14.8. The summed E-state index contributed by atoms with van der Waals surface area (Å²) in [7, 11) is 0. The van der Waals surface area contributed by atoms with Crippen molar-refractivity contribution in [2.45, 2.75) is 6.92 Å². The van der Waals surface area contributed by atoms with Gasteiger partial charge >= 0.3 is 0 Å². The first-order valence-electron chi connectivity index (χ1n) is 8.66. The quantitative estimate of drug-likeness (QED) is 0.379. The number of pyridine rings is 1. The molecule has 3 aromatic heterocycles. The molecular weight excluding hydrogens is 356 g/mol. The average molecular weight is 370 g/mol. The number of nitrogens with zero attached hydrogens (tertiary/aromatic N) is 5. The summed E-state index contributed by atoms with van der Waals surface area (Å²) in [6, 6.07) is 16.4. The Morgan fingerprint density at radius 2 is 1.82 bits per heavy atom. The smallest absolute Gasteiger partial charge is 0.269 e. The third-order valence-electron chi connectivity index (χ3n) is 4.78. The molecule has 8 nitrogen and oxygen atoms in total. The summed E-state index contributed by atoms with van der Waals surface area (Å²) in [6.07, 6.45) is 1.68. The zero-order chi connectivity index (χ0) is 19.3. The summed E-state index contributed by atoms with van der Waals surface area (Å²) < 4.78 is 1.91. The molecular formula is C20H14N6O2. The summed E-state index contributed by atoms with van der Waals surface area (Å²) in [5.74, 6) is 0. The molecule has 0 fully saturated rings. The maximum atomic E-state index is 11.0. The van der Waals surface area contributed by atoms with Gasteiger partial charge < -0.3 is 0 Å². The van der Waals surface area contributed by atoms with Gasteiger partial charge in [-0.15, -0.1) is 5.10 Å². The van der Waals surface area contributed by atoms with Gasteiger partial charge in [-0.2, -0.15) is 5.10 Å². The van der Waals surface area contributed by atoms with Crippen LogP contribution in [0.4, 0.5) is 5.69 Å². The Bertz CT molecular complexity index is 1340. The Morgan fingerprint density at radius 1 is 1.07 bits per heavy atom. The lowest BCUT2D eigenvalue weighted by Gasteiger charge is -2.07. The van der Waals surface area contributed by atoms with E-state index in [0.717, 1.165) is 38.9 Å². The van der Waals surface area contributed by atoms with E-state index < -0.39 is 4.92 Å². The number of hydrogen-bond donors (Lipinski definition) is 1. The van der Waals surface area contributed by atoms with Crippen LogP contribution in [0, 0.1) is 17.0 Å². The van der Waals surface area contributed by atoms with Crippen LogP contribution in [-0.4, -0.2) is 29.9 Å². The largest absolute Gasteiger partial charge is 0.296 e. The van der Waals surface area contributed by atoms with Crippen LogP contribution in [0.15, 0.2) is 60.8 Å². The van der Waals surface area contributed by atoms with Crippen LogP contribution in [0.2, 0.25) is 0 Å². The van der Waals surface area contributed by atoms with Gasteiger partial charge in [-0.25, -0.2) is 9.67 Å². The maximum Gasteiger partial charge on any atom is 0.269 e. The fourth-order valence-electron chi connectivity index (χ4n) is 3.52. The second-order valence-electron chi connectivity index (χ2n) is 6.48. The lowest BCUT2D eigenvalue weighted by atomic mass is 9.99. The highest BCUT2D eigenvalue weighted by atomic mass is 16.6. The molecule has 0 aliphatic rings. The molecule has 0 radical (unpaired) electrons. The number of nitro benzene ring substituents is 1. The molecule has 0 saturated heterocycles. The number of aryl methyl sites for hydroxylation is 1. The third-order valence-corrected chi connectivity index (χ3v) is 4.78. The van der Waals surface area contributed by atoms with E-state index in [1.165, 1.54) is 12.1 Å². The molecule has 0 spiro atoms. The summed E-state index contributed by atoms with van der Waals surface area (Å²) in [4.78, 5) is 15.3. The van der Waals surface area contributed by atoms with Crippen molar-refractivity contribution in [2.24, 2.45) is 0 Å². The van der Waals surface area contributed by atoms with Crippen molar-refractivity contribution in [2.75, 3.05) is 0 Å². The molecule has 0 amide bonds. The third kappa shape index (κ3) is 2.35. The Labute approximate surface area is 158 Å². The lowest BCUT2D eigenvalue weighted by molar-refractivity contribution is -0.384. The van der Waals surface area contributed by atoms with Gasteiger partial charge in [0.15, 0.2) is 11.3 Å². The highest BCUT2D eigenvalue weighted by molar-refractivity contribution is 6.09. The Kier molecular flexibility index (Phi) is 3.45. The van der Waals surface area contributed by atoms with E-state index in [1.807, 2.05) is 41.9 Å². The molecule has 0 unspecified atom stereocenters. The van der Waals surface area contributed by atoms with Crippen molar-refractivity contribution in [3.05, 3.63) is 76.6 Å². The minimum Gasteiger partial charge on any atom is -0.296 e. The number of aromatic amines is 1. The molecule has 0 aliphatic carbocycles. The molecule has 2 aromatic carbocycles. The van der Waals surface area contributed by atoms with E-state index in [4.69, 9.17) is 4.98 Å². The number of fused-ring (bicyclic) bond motifs is 2. The monoisotopic (exact) mass is 370 g/mol. The summed E-state index contributed by atoms with van der Waals surface area (Å²) in [5, 5.41) is 24.3. The van der Waals surface area contributed by atoms with Gasteiger partial charge in [0.1, 0.15) is 0 Å². The molecule has 8 heteroatoms. The van der Waals surface area contributed by atoms with E-state index in [-0.39, 0.29) is 5.69 Å². The van der Waals surface area contributed by atoms with Crippen molar-refractivity contribution in [1.82, 2.24) is 25.0 Å². The number of nitro groups is 1. The number of hydrogen-bond acceptors (Lipinski definition) is 5. The van der Waals surface area contributed by atoms with E-state index in [1.54, 1.807) is 18.3 Å². The normalized spacial score (nSPS) is 11.3. The fourth-order valence-corrected chi connectivity index (χ4v) is 3.52. The van der Waals surface area contributed by atoms with Crippen LogP contribution >= 0.6 is 0 Å². The minimum atomic E-state index is -0.405. The maximum absolute atomic E-state index is 11.0. The predicted molar refractivity (Wildman–Crippen MR) is 105 cm³/mol. The van der Waals surface area contributed by atoms with Gasteiger partial charge in [0.25, 0.3) is 5.69 Å². The Morgan fingerprint density at radius 3 is 2.54 bits per heavy atom. The van der Waals surface area contributed by atoms with Gasteiger partial charge in [0.2, 0.25) is 0 Å². The molecule has 0 bridgehead atoms.